The number of thioether (sulfide) groups is 1. The lowest BCUT2D eigenvalue weighted by atomic mass is 10.2. The number of rotatable bonds is 6. The molecule has 25 heavy (non-hydrogen) atoms. The fourth-order valence-electron chi connectivity index (χ4n) is 2.39. The average molecular weight is 354 g/mol. The lowest BCUT2D eigenvalue weighted by molar-refractivity contribution is 0.242. The van der Waals surface area contributed by atoms with Crippen LogP contribution in [0.25, 0.3) is 11.4 Å². The Morgan fingerprint density at radius 3 is 2.60 bits per heavy atom. The minimum atomic E-state index is 0.117. The summed E-state index contributed by atoms with van der Waals surface area (Å²) >= 11 is 1.57. The monoisotopic (exact) mass is 354 g/mol. The van der Waals surface area contributed by atoms with Crippen LogP contribution in [0.4, 0.5) is 0 Å². The average Bonchev–Trinajstić information content (AvgIpc) is 2.95. The first-order valence-electron chi connectivity index (χ1n) is 8.19. The Kier molecular flexibility index (Phi) is 5.28. The van der Waals surface area contributed by atoms with Gasteiger partial charge >= 0.3 is 0 Å². The van der Waals surface area contributed by atoms with Crippen LogP contribution < -0.4 is 10.6 Å². The van der Waals surface area contributed by atoms with E-state index in [1.165, 1.54) is 15.8 Å². The summed E-state index contributed by atoms with van der Waals surface area (Å²) in [5, 5.41) is 9.16. The SMILES string of the molecule is Cc1ccc(CSc2nnc(-c3cccc(OC(C)C)c3)n2N)cc1. The van der Waals surface area contributed by atoms with E-state index in [0.717, 1.165) is 17.1 Å². The second kappa shape index (κ2) is 7.61. The zero-order valence-corrected chi connectivity index (χ0v) is 15.5. The van der Waals surface area contributed by atoms with E-state index in [1.54, 1.807) is 11.8 Å². The lowest BCUT2D eigenvalue weighted by Crippen LogP contribution is -2.11. The molecule has 0 aliphatic carbocycles. The van der Waals surface area contributed by atoms with Gasteiger partial charge in [0.05, 0.1) is 6.10 Å². The fourth-order valence-corrected chi connectivity index (χ4v) is 3.20. The molecule has 0 radical (unpaired) electrons. The minimum absolute atomic E-state index is 0.117. The number of nitrogen functional groups attached to an aromatic ring is 1. The fraction of sp³-hybridized carbons (Fsp3) is 0.263. The van der Waals surface area contributed by atoms with Gasteiger partial charge in [-0.05, 0) is 38.5 Å². The van der Waals surface area contributed by atoms with Crippen molar-refractivity contribution in [2.75, 3.05) is 5.84 Å². The number of aromatic nitrogens is 3. The Balaban J connectivity index is 1.75. The molecule has 0 bridgehead atoms. The molecule has 0 atom stereocenters. The largest absolute Gasteiger partial charge is 0.491 e. The van der Waals surface area contributed by atoms with Crippen LogP contribution in [0.15, 0.2) is 53.7 Å². The lowest BCUT2D eigenvalue weighted by Gasteiger charge is -2.10. The van der Waals surface area contributed by atoms with Gasteiger partial charge in [0, 0.05) is 11.3 Å². The van der Waals surface area contributed by atoms with Crippen molar-refractivity contribution in [3.8, 4) is 17.1 Å². The highest BCUT2D eigenvalue weighted by Crippen LogP contribution is 2.26. The molecule has 1 aromatic heterocycles. The topological polar surface area (TPSA) is 66.0 Å². The number of hydrogen-bond acceptors (Lipinski definition) is 5. The summed E-state index contributed by atoms with van der Waals surface area (Å²) in [5.41, 5.74) is 3.37. The predicted octanol–water partition coefficient (Wildman–Crippen LogP) is 4.05. The van der Waals surface area contributed by atoms with E-state index < -0.39 is 0 Å². The van der Waals surface area contributed by atoms with Crippen LogP contribution >= 0.6 is 11.8 Å². The molecule has 0 amide bonds. The van der Waals surface area contributed by atoms with Crippen molar-refractivity contribution >= 4 is 11.8 Å². The van der Waals surface area contributed by atoms with E-state index in [9.17, 15) is 0 Å². The maximum atomic E-state index is 6.20. The number of nitrogens with two attached hydrogens (primary N) is 1. The summed E-state index contributed by atoms with van der Waals surface area (Å²) in [4.78, 5) is 0. The van der Waals surface area contributed by atoms with E-state index >= 15 is 0 Å². The molecule has 0 saturated carbocycles. The third-order valence-corrected chi connectivity index (χ3v) is 4.63. The summed E-state index contributed by atoms with van der Waals surface area (Å²) in [7, 11) is 0. The zero-order valence-electron chi connectivity index (χ0n) is 14.6. The van der Waals surface area contributed by atoms with Crippen LogP contribution in [0.3, 0.4) is 0 Å². The molecule has 0 spiro atoms. The van der Waals surface area contributed by atoms with Gasteiger partial charge in [0.1, 0.15) is 5.75 Å². The summed E-state index contributed by atoms with van der Waals surface area (Å²) in [6.45, 7) is 6.08. The smallest absolute Gasteiger partial charge is 0.210 e. The first kappa shape index (κ1) is 17.4. The molecular formula is C19H22N4OS. The predicted molar refractivity (Wildman–Crippen MR) is 102 cm³/mol. The molecule has 5 nitrogen and oxygen atoms in total. The first-order chi connectivity index (χ1) is 12.0. The van der Waals surface area contributed by atoms with E-state index in [4.69, 9.17) is 10.6 Å². The number of ether oxygens (including phenoxy) is 1. The highest BCUT2D eigenvalue weighted by molar-refractivity contribution is 7.98. The molecule has 2 N–H and O–H groups in total. The van der Waals surface area contributed by atoms with Crippen molar-refractivity contribution < 1.29 is 4.74 Å². The quantitative estimate of drug-likeness (QED) is 0.534. The van der Waals surface area contributed by atoms with Crippen LogP contribution in [0.5, 0.6) is 5.75 Å². The second-order valence-electron chi connectivity index (χ2n) is 6.14. The number of benzene rings is 2. The molecule has 3 rings (SSSR count). The van der Waals surface area contributed by atoms with Gasteiger partial charge in [-0.3, -0.25) is 0 Å². The molecule has 6 heteroatoms. The van der Waals surface area contributed by atoms with Crippen molar-refractivity contribution in [1.29, 1.82) is 0 Å². The third kappa shape index (κ3) is 4.33. The summed E-state index contributed by atoms with van der Waals surface area (Å²) in [6.07, 6.45) is 0.117. The van der Waals surface area contributed by atoms with Gasteiger partial charge in [-0.2, -0.15) is 0 Å². The second-order valence-corrected chi connectivity index (χ2v) is 7.09. The summed E-state index contributed by atoms with van der Waals surface area (Å²) < 4.78 is 7.27. The Morgan fingerprint density at radius 1 is 1.12 bits per heavy atom. The Hall–Kier alpha value is -2.47. The maximum absolute atomic E-state index is 6.20. The Labute approximate surface area is 152 Å². The minimum Gasteiger partial charge on any atom is -0.491 e. The van der Waals surface area contributed by atoms with Gasteiger partial charge in [-0.15, -0.1) is 10.2 Å². The van der Waals surface area contributed by atoms with Crippen molar-refractivity contribution in [2.45, 2.75) is 37.8 Å². The van der Waals surface area contributed by atoms with E-state index in [2.05, 4.69) is 41.4 Å². The van der Waals surface area contributed by atoms with Gasteiger partial charge in [-0.1, -0.05) is 53.7 Å². The molecule has 2 aromatic carbocycles. The molecule has 0 aliphatic rings. The van der Waals surface area contributed by atoms with Crippen LogP contribution in [0.2, 0.25) is 0 Å². The highest BCUT2D eigenvalue weighted by atomic mass is 32.2. The number of aryl methyl sites for hydroxylation is 1. The maximum Gasteiger partial charge on any atom is 0.210 e. The van der Waals surface area contributed by atoms with Crippen molar-refractivity contribution in [3.63, 3.8) is 0 Å². The van der Waals surface area contributed by atoms with Gasteiger partial charge in [-0.25, -0.2) is 4.68 Å². The Morgan fingerprint density at radius 2 is 1.88 bits per heavy atom. The number of nitrogens with zero attached hydrogens (tertiary/aromatic N) is 3. The molecule has 3 aromatic rings. The molecule has 0 fully saturated rings. The van der Waals surface area contributed by atoms with Crippen molar-refractivity contribution in [2.24, 2.45) is 0 Å². The first-order valence-corrected chi connectivity index (χ1v) is 9.17. The summed E-state index contributed by atoms with van der Waals surface area (Å²) in [5.74, 6) is 8.42. The van der Waals surface area contributed by atoms with Crippen LogP contribution in [-0.4, -0.2) is 21.0 Å². The van der Waals surface area contributed by atoms with Crippen molar-refractivity contribution in [3.05, 3.63) is 59.7 Å². The van der Waals surface area contributed by atoms with Crippen molar-refractivity contribution in [1.82, 2.24) is 14.9 Å². The van der Waals surface area contributed by atoms with Gasteiger partial charge in [0.2, 0.25) is 5.16 Å². The summed E-state index contributed by atoms with van der Waals surface area (Å²) in [6, 6.07) is 16.2. The molecule has 0 unspecified atom stereocenters. The van der Waals surface area contributed by atoms with Gasteiger partial charge in [0.25, 0.3) is 0 Å². The number of hydrogen-bond donors (Lipinski definition) is 1. The molecule has 1 heterocycles. The van der Waals surface area contributed by atoms with E-state index in [0.29, 0.717) is 11.0 Å². The third-order valence-electron chi connectivity index (χ3n) is 3.62. The Bertz CT molecular complexity index is 843. The van der Waals surface area contributed by atoms with Crippen LogP contribution in [0, 0.1) is 6.92 Å². The van der Waals surface area contributed by atoms with E-state index in [1.807, 2.05) is 38.1 Å². The molecule has 0 saturated heterocycles. The van der Waals surface area contributed by atoms with Gasteiger partial charge in [0.15, 0.2) is 5.82 Å². The zero-order chi connectivity index (χ0) is 17.8. The highest BCUT2D eigenvalue weighted by Gasteiger charge is 2.13. The normalized spacial score (nSPS) is 11.0. The molecular weight excluding hydrogens is 332 g/mol. The van der Waals surface area contributed by atoms with E-state index in [-0.39, 0.29) is 6.10 Å². The van der Waals surface area contributed by atoms with Crippen LogP contribution in [0.1, 0.15) is 25.0 Å². The van der Waals surface area contributed by atoms with Crippen LogP contribution in [-0.2, 0) is 5.75 Å². The molecule has 130 valence electrons. The van der Waals surface area contributed by atoms with Gasteiger partial charge < -0.3 is 10.6 Å². The molecule has 0 aliphatic heterocycles. The standard InChI is InChI=1S/C19H22N4OS/c1-13(2)24-17-6-4-5-16(11-17)18-21-22-19(23(18)20)25-12-15-9-7-14(3)8-10-15/h4-11,13H,12,20H2,1-3H3.